The Morgan fingerprint density at radius 1 is 1.37 bits per heavy atom. The molecule has 1 aromatic rings. The van der Waals surface area contributed by atoms with E-state index in [1.54, 1.807) is 6.07 Å². The number of alkyl halides is 3. The quantitative estimate of drug-likeness (QED) is 0.570. The molecule has 8 heteroatoms. The second kappa shape index (κ2) is 8.45. The largest absolute Gasteiger partial charge is 0.471 e. The fourth-order valence-corrected chi connectivity index (χ4v) is 3.12. The van der Waals surface area contributed by atoms with Crippen LogP contribution in [0.5, 0.6) is 0 Å². The summed E-state index contributed by atoms with van der Waals surface area (Å²) in [5.74, 6) is -2.68. The van der Waals surface area contributed by atoms with Crippen LogP contribution >= 0.6 is 0 Å². The van der Waals surface area contributed by atoms with Gasteiger partial charge < -0.3 is 14.5 Å². The molecule has 0 spiro atoms. The van der Waals surface area contributed by atoms with Crippen molar-refractivity contribution in [3.05, 3.63) is 36.4 Å². The number of ether oxygens (including phenoxy) is 1. The standard InChI is InChI=1S/C19H23F3N2O3/c1-4-11-27-17(25)15-12-14(23(3)18(26)19(20,21)22)8-9-16(15)24-10-6-5-7-13(24)2/h4,8-9,12-13H,1,5-7,10-11H2,2-3H3/t13-/m1/s1. The summed E-state index contributed by atoms with van der Waals surface area (Å²) in [4.78, 5) is 26.5. The van der Waals surface area contributed by atoms with E-state index in [1.807, 2.05) is 11.8 Å². The van der Waals surface area contributed by atoms with Crippen LogP contribution in [0.4, 0.5) is 24.5 Å². The van der Waals surface area contributed by atoms with E-state index in [1.165, 1.54) is 18.2 Å². The van der Waals surface area contributed by atoms with Gasteiger partial charge in [0.15, 0.2) is 0 Å². The van der Waals surface area contributed by atoms with Crippen LogP contribution in [0.1, 0.15) is 36.5 Å². The second-order valence-electron chi connectivity index (χ2n) is 6.49. The van der Waals surface area contributed by atoms with E-state index in [-0.39, 0.29) is 23.9 Å². The molecule has 0 N–H and O–H groups in total. The van der Waals surface area contributed by atoms with Crippen LogP contribution in [0.15, 0.2) is 30.9 Å². The van der Waals surface area contributed by atoms with Gasteiger partial charge in [-0.25, -0.2) is 4.79 Å². The number of esters is 1. The summed E-state index contributed by atoms with van der Waals surface area (Å²) in [6, 6.07) is 4.43. The van der Waals surface area contributed by atoms with Gasteiger partial charge in [0.05, 0.1) is 11.3 Å². The molecule has 1 amide bonds. The van der Waals surface area contributed by atoms with Crippen molar-refractivity contribution < 1.29 is 27.5 Å². The van der Waals surface area contributed by atoms with Gasteiger partial charge >= 0.3 is 18.1 Å². The van der Waals surface area contributed by atoms with E-state index in [0.29, 0.717) is 10.6 Å². The second-order valence-corrected chi connectivity index (χ2v) is 6.49. The van der Waals surface area contributed by atoms with Crippen LogP contribution in [0.2, 0.25) is 0 Å². The molecule has 1 aliphatic rings. The molecule has 5 nitrogen and oxygen atoms in total. The van der Waals surface area contributed by atoms with Crippen LogP contribution in [0.25, 0.3) is 0 Å². The number of carbonyl (C=O) groups is 2. The van der Waals surface area contributed by atoms with Gasteiger partial charge in [-0.15, -0.1) is 0 Å². The fourth-order valence-electron chi connectivity index (χ4n) is 3.12. The van der Waals surface area contributed by atoms with Gasteiger partial charge in [-0.2, -0.15) is 13.2 Å². The Balaban J connectivity index is 2.44. The number of amides is 1. The monoisotopic (exact) mass is 384 g/mol. The molecule has 1 aromatic carbocycles. The van der Waals surface area contributed by atoms with Crippen molar-refractivity contribution in [3.63, 3.8) is 0 Å². The highest BCUT2D eigenvalue weighted by Crippen LogP contribution is 2.32. The molecule has 1 aliphatic heterocycles. The van der Waals surface area contributed by atoms with E-state index in [9.17, 15) is 22.8 Å². The number of nitrogens with zero attached hydrogens (tertiary/aromatic N) is 2. The summed E-state index contributed by atoms with van der Waals surface area (Å²) in [5, 5.41) is 0. The van der Waals surface area contributed by atoms with Crippen LogP contribution < -0.4 is 9.80 Å². The fraction of sp³-hybridized carbons (Fsp3) is 0.474. The maximum atomic E-state index is 12.7. The summed E-state index contributed by atoms with van der Waals surface area (Å²) >= 11 is 0. The molecule has 1 heterocycles. The van der Waals surface area contributed by atoms with E-state index < -0.39 is 18.1 Å². The first-order valence-electron chi connectivity index (χ1n) is 8.70. The predicted molar refractivity (Wildman–Crippen MR) is 97.0 cm³/mol. The molecule has 0 aromatic heterocycles. The maximum Gasteiger partial charge on any atom is 0.471 e. The lowest BCUT2D eigenvalue weighted by atomic mass is 10.0. The number of piperidine rings is 1. The van der Waals surface area contributed by atoms with E-state index in [2.05, 4.69) is 6.58 Å². The highest BCUT2D eigenvalue weighted by Gasteiger charge is 2.42. The van der Waals surface area contributed by atoms with Gasteiger partial charge in [0, 0.05) is 25.3 Å². The summed E-state index contributed by atoms with van der Waals surface area (Å²) in [5.41, 5.74) is 0.689. The maximum absolute atomic E-state index is 12.7. The average molecular weight is 384 g/mol. The first-order valence-corrected chi connectivity index (χ1v) is 8.70. The summed E-state index contributed by atoms with van der Waals surface area (Å²) in [6.45, 7) is 6.23. The lowest BCUT2D eigenvalue weighted by molar-refractivity contribution is -0.170. The molecule has 1 fully saturated rings. The van der Waals surface area contributed by atoms with Crippen molar-refractivity contribution in [3.8, 4) is 0 Å². The molecule has 1 saturated heterocycles. The van der Waals surface area contributed by atoms with E-state index in [4.69, 9.17) is 4.74 Å². The van der Waals surface area contributed by atoms with Gasteiger partial charge in [-0.05, 0) is 44.4 Å². The molecular weight excluding hydrogens is 361 g/mol. The molecule has 0 aliphatic carbocycles. The van der Waals surface area contributed by atoms with E-state index in [0.717, 1.165) is 32.9 Å². The Bertz CT molecular complexity index is 719. The van der Waals surface area contributed by atoms with Gasteiger partial charge in [0.2, 0.25) is 0 Å². The average Bonchev–Trinajstić information content (AvgIpc) is 2.64. The highest BCUT2D eigenvalue weighted by molar-refractivity contribution is 6.01. The lowest BCUT2D eigenvalue weighted by Gasteiger charge is -2.36. The molecule has 0 unspecified atom stereocenters. The molecule has 148 valence electrons. The zero-order chi connectivity index (χ0) is 20.2. The molecule has 2 rings (SSSR count). The number of hydrogen-bond acceptors (Lipinski definition) is 4. The van der Waals surface area contributed by atoms with E-state index >= 15 is 0 Å². The number of hydrogen-bond donors (Lipinski definition) is 0. The molecule has 1 atom stereocenters. The summed E-state index contributed by atoms with van der Waals surface area (Å²) < 4.78 is 43.3. The predicted octanol–water partition coefficient (Wildman–Crippen LogP) is 3.93. The normalized spacial score (nSPS) is 17.4. The van der Waals surface area contributed by atoms with Crippen LogP contribution in [0, 0.1) is 0 Å². The third-order valence-corrected chi connectivity index (χ3v) is 4.58. The smallest absolute Gasteiger partial charge is 0.458 e. The third-order valence-electron chi connectivity index (χ3n) is 4.58. The highest BCUT2D eigenvalue weighted by atomic mass is 19.4. The number of anilines is 2. The van der Waals surface area contributed by atoms with Crippen LogP contribution in [0.3, 0.4) is 0 Å². The van der Waals surface area contributed by atoms with Gasteiger partial charge in [-0.3, -0.25) is 4.79 Å². The van der Waals surface area contributed by atoms with Gasteiger partial charge in [-0.1, -0.05) is 12.7 Å². The molecule has 0 bridgehead atoms. The van der Waals surface area contributed by atoms with Gasteiger partial charge in [0.25, 0.3) is 0 Å². The number of halogens is 3. The minimum absolute atomic E-state index is 0.0185. The third kappa shape index (κ3) is 4.81. The minimum Gasteiger partial charge on any atom is -0.458 e. The molecule has 27 heavy (non-hydrogen) atoms. The number of carbonyl (C=O) groups excluding carboxylic acids is 2. The molecular formula is C19H23F3N2O3. The molecule has 0 radical (unpaired) electrons. The lowest BCUT2D eigenvalue weighted by Crippen LogP contribution is -2.39. The van der Waals surface area contributed by atoms with Crippen molar-refractivity contribution >= 4 is 23.3 Å². The van der Waals surface area contributed by atoms with Crippen LogP contribution in [-0.4, -0.2) is 44.3 Å². The Labute approximate surface area is 156 Å². The van der Waals surface area contributed by atoms with Crippen molar-refractivity contribution in [1.82, 2.24) is 0 Å². The van der Waals surface area contributed by atoms with Crippen molar-refractivity contribution in [2.45, 2.75) is 38.4 Å². The zero-order valence-corrected chi connectivity index (χ0v) is 15.4. The Kier molecular flexibility index (Phi) is 6.51. The zero-order valence-electron chi connectivity index (χ0n) is 15.4. The molecule has 0 saturated carbocycles. The van der Waals surface area contributed by atoms with Crippen LogP contribution in [-0.2, 0) is 9.53 Å². The summed E-state index contributed by atoms with van der Waals surface area (Å²) in [7, 11) is 1.02. The SMILES string of the molecule is C=CCOC(=O)c1cc(N(C)C(=O)C(F)(F)F)ccc1N1CCCC[C@H]1C. The number of rotatable bonds is 5. The topological polar surface area (TPSA) is 49.9 Å². The summed E-state index contributed by atoms with van der Waals surface area (Å²) in [6.07, 6.45) is -0.605. The number of benzene rings is 1. The van der Waals surface area contributed by atoms with Gasteiger partial charge in [0.1, 0.15) is 6.61 Å². The minimum atomic E-state index is -5.00. The Hall–Kier alpha value is -2.51. The van der Waals surface area contributed by atoms with Crippen molar-refractivity contribution in [2.24, 2.45) is 0 Å². The Morgan fingerprint density at radius 3 is 2.67 bits per heavy atom. The van der Waals surface area contributed by atoms with Crippen molar-refractivity contribution in [1.29, 1.82) is 0 Å². The first kappa shape index (κ1) is 20.8. The van der Waals surface area contributed by atoms with Crippen molar-refractivity contribution in [2.75, 3.05) is 30.0 Å². The Morgan fingerprint density at radius 2 is 2.07 bits per heavy atom. The first-order chi connectivity index (χ1) is 12.7.